The summed E-state index contributed by atoms with van der Waals surface area (Å²) in [6.07, 6.45) is 0. The van der Waals surface area contributed by atoms with E-state index in [2.05, 4.69) is 16.2 Å². The van der Waals surface area contributed by atoms with Gasteiger partial charge < -0.3 is 5.32 Å². The summed E-state index contributed by atoms with van der Waals surface area (Å²) in [5.74, 6) is -0.375. The summed E-state index contributed by atoms with van der Waals surface area (Å²) in [5, 5.41) is 2.42. The first-order valence-corrected chi connectivity index (χ1v) is 3.81. The molecule has 0 heterocycles. The summed E-state index contributed by atoms with van der Waals surface area (Å²) < 4.78 is 0. The predicted molar refractivity (Wildman–Crippen MR) is 45.1 cm³/mol. The van der Waals surface area contributed by atoms with Crippen molar-refractivity contribution in [2.24, 2.45) is 5.92 Å². The van der Waals surface area contributed by atoms with E-state index in [1.54, 1.807) is 13.8 Å². The molecule has 5 nitrogen and oxygen atoms in total. The molecule has 0 aliphatic carbocycles. The van der Waals surface area contributed by atoms with Crippen LogP contribution in [0.4, 0.5) is 0 Å². The molecule has 0 fully saturated rings. The summed E-state index contributed by atoms with van der Waals surface area (Å²) in [4.78, 5) is 21.5. The molecular weight excluding hydrogens is 158 g/mol. The summed E-state index contributed by atoms with van der Waals surface area (Å²) in [6.45, 7) is 3.64. The van der Waals surface area contributed by atoms with Crippen molar-refractivity contribution in [3.8, 4) is 0 Å². The molecule has 0 atom stereocenters. The van der Waals surface area contributed by atoms with Gasteiger partial charge in [0.2, 0.25) is 11.8 Å². The average Bonchev–Trinajstić information content (AvgIpc) is 2.03. The van der Waals surface area contributed by atoms with Crippen LogP contribution in [-0.4, -0.2) is 25.4 Å². The Kier molecular flexibility index (Phi) is 5.03. The van der Waals surface area contributed by atoms with Crippen LogP contribution in [0.3, 0.4) is 0 Å². The second-order valence-corrected chi connectivity index (χ2v) is 2.67. The van der Waals surface area contributed by atoms with Crippen molar-refractivity contribution in [2.75, 3.05) is 13.6 Å². The van der Waals surface area contributed by atoms with Gasteiger partial charge in [0.05, 0.1) is 6.54 Å². The van der Waals surface area contributed by atoms with E-state index in [0.717, 1.165) is 0 Å². The molecule has 0 aliphatic heterocycles. The molecule has 0 saturated heterocycles. The summed E-state index contributed by atoms with van der Waals surface area (Å²) in [5.41, 5.74) is 4.90. The van der Waals surface area contributed by atoms with Gasteiger partial charge >= 0.3 is 0 Å². The lowest BCUT2D eigenvalue weighted by Gasteiger charge is -2.07. The normalized spacial score (nSPS) is 9.67. The zero-order valence-electron chi connectivity index (χ0n) is 7.60. The smallest absolute Gasteiger partial charge is 0.236 e. The van der Waals surface area contributed by atoms with Crippen LogP contribution in [0.15, 0.2) is 0 Å². The minimum atomic E-state index is -0.168. The first kappa shape index (κ1) is 10.9. The molecule has 0 spiro atoms. The largest absolute Gasteiger partial charge is 0.358 e. The number of amides is 2. The van der Waals surface area contributed by atoms with Gasteiger partial charge in [-0.2, -0.15) is 0 Å². The molecule has 0 rings (SSSR count). The van der Waals surface area contributed by atoms with Crippen molar-refractivity contribution >= 4 is 11.8 Å². The Hall–Kier alpha value is -1.10. The van der Waals surface area contributed by atoms with Crippen molar-refractivity contribution in [2.45, 2.75) is 13.8 Å². The van der Waals surface area contributed by atoms with E-state index in [0.29, 0.717) is 0 Å². The van der Waals surface area contributed by atoms with Crippen LogP contribution < -0.4 is 16.2 Å². The molecule has 5 heteroatoms. The lowest BCUT2D eigenvalue weighted by molar-refractivity contribution is -0.125. The van der Waals surface area contributed by atoms with Crippen molar-refractivity contribution in [3.05, 3.63) is 0 Å². The highest BCUT2D eigenvalue weighted by Gasteiger charge is 2.05. The van der Waals surface area contributed by atoms with Gasteiger partial charge in [-0.15, -0.1) is 0 Å². The average molecular weight is 173 g/mol. The van der Waals surface area contributed by atoms with E-state index in [-0.39, 0.29) is 24.3 Å². The van der Waals surface area contributed by atoms with E-state index >= 15 is 0 Å². The highest BCUT2D eigenvalue weighted by molar-refractivity contribution is 5.80. The number of hydrogen-bond acceptors (Lipinski definition) is 3. The Morgan fingerprint density at radius 2 is 1.92 bits per heavy atom. The van der Waals surface area contributed by atoms with Crippen LogP contribution in [0.2, 0.25) is 0 Å². The summed E-state index contributed by atoms with van der Waals surface area (Å²) in [7, 11) is 1.54. The molecule has 0 unspecified atom stereocenters. The molecule has 2 amide bonds. The van der Waals surface area contributed by atoms with Crippen LogP contribution in [-0.2, 0) is 9.59 Å². The van der Waals surface area contributed by atoms with E-state index in [4.69, 9.17) is 0 Å². The van der Waals surface area contributed by atoms with Crippen molar-refractivity contribution in [1.29, 1.82) is 0 Å². The maximum absolute atomic E-state index is 10.9. The van der Waals surface area contributed by atoms with Crippen molar-refractivity contribution in [1.82, 2.24) is 16.2 Å². The highest BCUT2D eigenvalue weighted by Crippen LogP contribution is 1.87. The summed E-state index contributed by atoms with van der Waals surface area (Å²) >= 11 is 0. The number of hydrogen-bond donors (Lipinski definition) is 3. The van der Waals surface area contributed by atoms with Gasteiger partial charge in [0.15, 0.2) is 0 Å². The Bertz CT molecular complexity index is 168. The molecule has 0 bridgehead atoms. The molecule has 0 radical (unpaired) electrons. The quantitative estimate of drug-likeness (QED) is 0.478. The fraction of sp³-hybridized carbons (Fsp3) is 0.714. The first-order chi connectivity index (χ1) is 5.57. The zero-order valence-corrected chi connectivity index (χ0v) is 7.60. The maximum atomic E-state index is 10.9. The second-order valence-electron chi connectivity index (χ2n) is 2.67. The molecular formula is C7H15N3O2. The minimum Gasteiger partial charge on any atom is -0.358 e. The van der Waals surface area contributed by atoms with Gasteiger partial charge in [-0.3, -0.25) is 15.0 Å². The van der Waals surface area contributed by atoms with Crippen LogP contribution >= 0.6 is 0 Å². The van der Waals surface area contributed by atoms with Gasteiger partial charge in [0.25, 0.3) is 0 Å². The molecule has 3 N–H and O–H groups in total. The lowest BCUT2D eigenvalue weighted by atomic mass is 10.2. The molecule has 0 saturated carbocycles. The highest BCUT2D eigenvalue weighted by atomic mass is 16.2. The molecule has 0 aromatic rings. The van der Waals surface area contributed by atoms with E-state index in [1.807, 2.05) is 0 Å². The Morgan fingerprint density at radius 1 is 1.33 bits per heavy atom. The second kappa shape index (κ2) is 5.54. The minimum absolute atomic E-state index is 0.0813. The third kappa shape index (κ3) is 4.68. The molecule has 0 aromatic carbocycles. The van der Waals surface area contributed by atoms with Gasteiger partial charge in [0.1, 0.15) is 0 Å². The Balaban J connectivity index is 3.44. The maximum Gasteiger partial charge on any atom is 0.236 e. The van der Waals surface area contributed by atoms with Crippen molar-refractivity contribution in [3.63, 3.8) is 0 Å². The van der Waals surface area contributed by atoms with Crippen LogP contribution in [0.5, 0.6) is 0 Å². The van der Waals surface area contributed by atoms with Crippen LogP contribution in [0.25, 0.3) is 0 Å². The number of carbonyl (C=O) groups is 2. The Morgan fingerprint density at radius 3 is 2.33 bits per heavy atom. The standard InChI is InChI=1S/C7H15N3O2/c1-5(2)7(12)10-9-4-6(11)8-3/h5,9H,4H2,1-3H3,(H,8,11)(H,10,12). The van der Waals surface area contributed by atoms with Gasteiger partial charge in [-0.05, 0) is 0 Å². The molecule has 0 aromatic heterocycles. The summed E-state index contributed by atoms with van der Waals surface area (Å²) in [6, 6.07) is 0. The van der Waals surface area contributed by atoms with Crippen LogP contribution in [0.1, 0.15) is 13.8 Å². The Labute approximate surface area is 71.9 Å². The SMILES string of the molecule is CNC(=O)CNNC(=O)C(C)C. The molecule has 0 aliphatic rings. The van der Waals surface area contributed by atoms with Gasteiger partial charge in [-0.1, -0.05) is 13.8 Å². The predicted octanol–water partition coefficient (Wildman–Crippen LogP) is -0.991. The van der Waals surface area contributed by atoms with Crippen LogP contribution in [0, 0.1) is 5.92 Å². The number of rotatable bonds is 4. The van der Waals surface area contributed by atoms with Gasteiger partial charge in [0, 0.05) is 13.0 Å². The molecule has 70 valence electrons. The van der Waals surface area contributed by atoms with E-state index in [1.165, 1.54) is 7.05 Å². The number of hydrazine groups is 1. The lowest BCUT2D eigenvalue weighted by Crippen LogP contribution is -2.44. The number of carbonyl (C=O) groups excluding carboxylic acids is 2. The van der Waals surface area contributed by atoms with E-state index in [9.17, 15) is 9.59 Å². The molecule has 12 heavy (non-hydrogen) atoms. The third-order valence-electron chi connectivity index (χ3n) is 1.26. The number of likely N-dealkylation sites (N-methyl/N-ethyl adjacent to an activating group) is 1. The topological polar surface area (TPSA) is 70.2 Å². The fourth-order valence-corrected chi connectivity index (χ4v) is 0.444. The first-order valence-electron chi connectivity index (χ1n) is 3.81. The van der Waals surface area contributed by atoms with Crippen molar-refractivity contribution < 1.29 is 9.59 Å². The zero-order chi connectivity index (χ0) is 9.56. The monoisotopic (exact) mass is 173 g/mol. The van der Waals surface area contributed by atoms with E-state index < -0.39 is 0 Å². The van der Waals surface area contributed by atoms with Gasteiger partial charge in [-0.25, -0.2) is 5.43 Å². The number of nitrogens with one attached hydrogen (secondary N) is 3. The fourth-order valence-electron chi connectivity index (χ4n) is 0.444. The third-order valence-corrected chi connectivity index (χ3v) is 1.26.